The summed E-state index contributed by atoms with van der Waals surface area (Å²) >= 11 is 1.61. The van der Waals surface area contributed by atoms with E-state index in [0.29, 0.717) is 17.9 Å². The lowest BCUT2D eigenvalue weighted by Crippen LogP contribution is -2.26. The second-order valence-electron chi connectivity index (χ2n) is 5.80. The van der Waals surface area contributed by atoms with E-state index in [2.05, 4.69) is 10.3 Å². The van der Waals surface area contributed by atoms with Gasteiger partial charge in [-0.1, -0.05) is 0 Å². The van der Waals surface area contributed by atoms with Gasteiger partial charge in [0.2, 0.25) is 0 Å². The molecule has 0 aliphatic heterocycles. The molecule has 3 aromatic rings. The molecule has 0 bridgehead atoms. The topological polar surface area (TPSA) is 63.3 Å². The van der Waals surface area contributed by atoms with Crippen molar-refractivity contribution in [3.05, 3.63) is 53.7 Å². The molecule has 3 rings (SSSR count). The number of carbonyl (C=O) groups excluding carboxylic acids is 1. The van der Waals surface area contributed by atoms with E-state index in [4.69, 9.17) is 9.47 Å². The predicted octanol–water partition coefficient (Wildman–Crippen LogP) is 3.88. The Bertz CT molecular complexity index is 921. The van der Waals surface area contributed by atoms with Gasteiger partial charge in [0.25, 0.3) is 5.91 Å². The van der Waals surface area contributed by atoms with Crippen LogP contribution in [0.25, 0.3) is 10.9 Å². The zero-order chi connectivity index (χ0) is 18.5. The Kier molecular flexibility index (Phi) is 5.73. The molecule has 6 heteroatoms. The highest BCUT2D eigenvalue weighted by Gasteiger charge is 2.13. The summed E-state index contributed by atoms with van der Waals surface area (Å²) in [6, 6.07) is 11.5. The van der Waals surface area contributed by atoms with Gasteiger partial charge >= 0.3 is 0 Å². The number of H-pyrrole nitrogens is 1. The molecule has 5 nitrogen and oxygen atoms in total. The maximum absolute atomic E-state index is 12.5. The Morgan fingerprint density at radius 2 is 2.00 bits per heavy atom. The number of hydrogen-bond donors (Lipinski definition) is 2. The quantitative estimate of drug-likeness (QED) is 0.620. The van der Waals surface area contributed by atoms with Gasteiger partial charge in [-0.2, -0.15) is 0 Å². The minimum Gasteiger partial charge on any atom is -0.497 e. The monoisotopic (exact) mass is 370 g/mol. The number of aromatic amines is 1. The van der Waals surface area contributed by atoms with Crippen LogP contribution in [0, 0.1) is 0 Å². The van der Waals surface area contributed by atoms with E-state index in [1.807, 2.05) is 42.8 Å². The highest BCUT2D eigenvalue weighted by atomic mass is 32.2. The summed E-state index contributed by atoms with van der Waals surface area (Å²) in [6.07, 6.45) is 4.69. The van der Waals surface area contributed by atoms with Crippen molar-refractivity contribution in [3.63, 3.8) is 0 Å². The van der Waals surface area contributed by atoms with Gasteiger partial charge in [0, 0.05) is 28.5 Å². The molecule has 0 saturated carbocycles. The average molecular weight is 370 g/mol. The van der Waals surface area contributed by atoms with Gasteiger partial charge in [0.15, 0.2) is 0 Å². The van der Waals surface area contributed by atoms with E-state index in [0.717, 1.165) is 33.5 Å². The van der Waals surface area contributed by atoms with E-state index in [1.54, 1.807) is 32.0 Å². The molecule has 0 atom stereocenters. The van der Waals surface area contributed by atoms with Crippen molar-refractivity contribution in [2.45, 2.75) is 11.3 Å². The van der Waals surface area contributed by atoms with Crippen molar-refractivity contribution in [2.75, 3.05) is 27.0 Å². The molecule has 0 unspecified atom stereocenters. The van der Waals surface area contributed by atoms with Crippen LogP contribution in [0.1, 0.15) is 15.9 Å². The Morgan fingerprint density at radius 1 is 1.15 bits per heavy atom. The van der Waals surface area contributed by atoms with Gasteiger partial charge in [-0.25, -0.2) is 0 Å². The van der Waals surface area contributed by atoms with Crippen molar-refractivity contribution in [3.8, 4) is 11.5 Å². The van der Waals surface area contributed by atoms with Crippen LogP contribution in [-0.2, 0) is 6.42 Å². The number of nitrogens with one attached hydrogen (secondary N) is 2. The summed E-state index contributed by atoms with van der Waals surface area (Å²) in [6.45, 7) is 0.538. The first kappa shape index (κ1) is 18.2. The fourth-order valence-electron chi connectivity index (χ4n) is 2.88. The van der Waals surface area contributed by atoms with Crippen LogP contribution in [0.5, 0.6) is 11.5 Å². The second kappa shape index (κ2) is 8.19. The molecule has 0 aliphatic carbocycles. The molecule has 2 N–H and O–H groups in total. The van der Waals surface area contributed by atoms with Crippen molar-refractivity contribution < 1.29 is 14.3 Å². The molecule has 26 heavy (non-hydrogen) atoms. The fourth-order valence-corrected chi connectivity index (χ4v) is 3.31. The largest absolute Gasteiger partial charge is 0.497 e. The van der Waals surface area contributed by atoms with Gasteiger partial charge in [0.1, 0.15) is 11.5 Å². The molecule has 2 aromatic carbocycles. The third-order valence-corrected chi connectivity index (χ3v) is 5.03. The number of rotatable bonds is 7. The van der Waals surface area contributed by atoms with E-state index >= 15 is 0 Å². The maximum Gasteiger partial charge on any atom is 0.255 e. The third-order valence-electron chi connectivity index (χ3n) is 4.31. The Labute approximate surface area is 157 Å². The second-order valence-corrected chi connectivity index (χ2v) is 6.68. The molecule has 0 fully saturated rings. The minimum atomic E-state index is -0.132. The Morgan fingerprint density at radius 3 is 2.73 bits per heavy atom. The molecule has 136 valence electrons. The molecule has 1 amide bonds. The summed E-state index contributed by atoms with van der Waals surface area (Å²) in [5.41, 5.74) is 2.75. The zero-order valence-electron chi connectivity index (χ0n) is 15.1. The molecular weight excluding hydrogens is 348 g/mol. The maximum atomic E-state index is 12.5. The summed E-state index contributed by atoms with van der Waals surface area (Å²) < 4.78 is 10.6. The van der Waals surface area contributed by atoms with Crippen LogP contribution in [0.2, 0.25) is 0 Å². The lowest BCUT2D eigenvalue weighted by molar-refractivity contribution is 0.0951. The Hall–Kier alpha value is -2.60. The van der Waals surface area contributed by atoms with Crippen LogP contribution in [-0.4, -0.2) is 37.9 Å². The number of thioether (sulfide) groups is 1. The summed E-state index contributed by atoms with van der Waals surface area (Å²) in [4.78, 5) is 16.8. The molecule has 0 radical (unpaired) electrons. The number of benzene rings is 2. The summed E-state index contributed by atoms with van der Waals surface area (Å²) in [5.74, 6) is 1.28. The van der Waals surface area contributed by atoms with E-state index in [9.17, 15) is 4.79 Å². The van der Waals surface area contributed by atoms with Gasteiger partial charge in [-0.3, -0.25) is 4.79 Å². The number of amides is 1. The SMILES string of the molecule is COc1ccc2[nH]cc(CCNC(=O)c3ccc(SC)cc3OC)c2c1. The molecule has 0 saturated heterocycles. The van der Waals surface area contributed by atoms with Crippen LogP contribution in [0.15, 0.2) is 47.5 Å². The zero-order valence-corrected chi connectivity index (χ0v) is 15.9. The predicted molar refractivity (Wildman–Crippen MR) is 106 cm³/mol. The van der Waals surface area contributed by atoms with Gasteiger partial charge in [-0.15, -0.1) is 11.8 Å². The average Bonchev–Trinajstić information content (AvgIpc) is 3.09. The van der Waals surface area contributed by atoms with Crippen LogP contribution in [0.3, 0.4) is 0 Å². The normalized spacial score (nSPS) is 10.7. The number of methoxy groups -OCH3 is 2. The standard InChI is InChI=1S/C20H22N2O3S/c1-24-14-4-7-18-17(10-14)13(12-22-18)8-9-21-20(23)16-6-5-15(26-3)11-19(16)25-2/h4-7,10-12,22H,8-9H2,1-3H3,(H,21,23). The van der Waals surface area contributed by atoms with Crippen molar-refractivity contribution in [1.82, 2.24) is 10.3 Å². The highest BCUT2D eigenvalue weighted by molar-refractivity contribution is 7.98. The molecule has 0 aliphatic rings. The smallest absolute Gasteiger partial charge is 0.255 e. The Balaban J connectivity index is 1.67. The molecule has 0 spiro atoms. The van der Waals surface area contributed by atoms with Crippen molar-refractivity contribution >= 4 is 28.6 Å². The molecule has 1 heterocycles. The van der Waals surface area contributed by atoms with E-state index < -0.39 is 0 Å². The van der Waals surface area contributed by atoms with Crippen LogP contribution >= 0.6 is 11.8 Å². The summed E-state index contributed by atoms with van der Waals surface area (Å²) in [5, 5.41) is 4.08. The fraction of sp³-hybridized carbons (Fsp3) is 0.250. The number of ether oxygens (including phenoxy) is 2. The number of aromatic nitrogens is 1. The number of hydrogen-bond acceptors (Lipinski definition) is 4. The van der Waals surface area contributed by atoms with Crippen molar-refractivity contribution in [2.24, 2.45) is 0 Å². The highest BCUT2D eigenvalue weighted by Crippen LogP contribution is 2.26. The summed E-state index contributed by atoms with van der Waals surface area (Å²) in [7, 11) is 3.24. The lowest BCUT2D eigenvalue weighted by atomic mass is 10.1. The lowest BCUT2D eigenvalue weighted by Gasteiger charge is -2.10. The number of carbonyl (C=O) groups is 1. The van der Waals surface area contributed by atoms with Crippen molar-refractivity contribution in [1.29, 1.82) is 0 Å². The first-order valence-corrected chi connectivity index (χ1v) is 9.53. The number of fused-ring (bicyclic) bond motifs is 1. The minimum absolute atomic E-state index is 0.132. The third kappa shape index (κ3) is 3.80. The van der Waals surface area contributed by atoms with Crippen LogP contribution in [0.4, 0.5) is 0 Å². The first-order valence-electron chi connectivity index (χ1n) is 8.30. The van der Waals surface area contributed by atoms with E-state index in [1.165, 1.54) is 0 Å². The van der Waals surface area contributed by atoms with Gasteiger partial charge in [0.05, 0.1) is 19.8 Å². The van der Waals surface area contributed by atoms with Gasteiger partial charge < -0.3 is 19.8 Å². The first-order chi connectivity index (χ1) is 12.7. The van der Waals surface area contributed by atoms with Crippen LogP contribution < -0.4 is 14.8 Å². The molecule has 1 aromatic heterocycles. The van der Waals surface area contributed by atoms with Gasteiger partial charge in [-0.05, 0) is 54.6 Å². The van der Waals surface area contributed by atoms with E-state index in [-0.39, 0.29) is 5.91 Å². The molecular formula is C20H22N2O3S.